The van der Waals surface area contributed by atoms with Crippen molar-refractivity contribution in [2.24, 2.45) is 5.73 Å². The number of nitrogens with one attached hydrogen (secondary N) is 1. The summed E-state index contributed by atoms with van der Waals surface area (Å²) in [7, 11) is 0. The number of amides is 1. The van der Waals surface area contributed by atoms with Crippen LogP contribution in [-0.4, -0.2) is 23.8 Å². The highest BCUT2D eigenvalue weighted by molar-refractivity contribution is 5.68. The Morgan fingerprint density at radius 2 is 2.00 bits per heavy atom. The topological polar surface area (TPSA) is 64.3 Å². The molecule has 0 heterocycles. The lowest BCUT2D eigenvalue weighted by Crippen LogP contribution is -2.46. The molecule has 0 unspecified atom stereocenters. The van der Waals surface area contributed by atoms with Gasteiger partial charge in [0.25, 0.3) is 0 Å². The first-order valence-electron chi connectivity index (χ1n) is 5.01. The molecule has 3 N–H and O–H groups in total. The molecule has 4 heteroatoms. The van der Waals surface area contributed by atoms with Crippen molar-refractivity contribution in [2.45, 2.75) is 58.7 Å². The molecule has 0 aromatic rings. The van der Waals surface area contributed by atoms with Crippen LogP contribution >= 0.6 is 0 Å². The van der Waals surface area contributed by atoms with Crippen LogP contribution in [0.3, 0.4) is 0 Å². The van der Waals surface area contributed by atoms with Crippen molar-refractivity contribution >= 4 is 6.09 Å². The van der Waals surface area contributed by atoms with Crippen LogP contribution in [0.2, 0.25) is 0 Å². The van der Waals surface area contributed by atoms with E-state index in [1.54, 1.807) is 0 Å². The summed E-state index contributed by atoms with van der Waals surface area (Å²) in [6.45, 7) is 9.35. The lowest BCUT2D eigenvalue weighted by molar-refractivity contribution is 0.0501. The van der Waals surface area contributed by atoms with E-state index in [-0.39, 0.29) is 12.1 Å². The fraction of sp³-hybridized carbons (Fsp3) is 0.900. The second-order valence-corrected chi connectivity index (χ2v) is 4.51. The highest BCUT2D eigenvalue weighted by atomic mass is 16.6. The molecule has 0 bridgehead atoms. The van der Waals surface area contributed by atoms with Crippen LogP contribution in [0.25, 0.3) is 0 Å². The van der Waals surface area contributed by atoms with E-state index in [9.17, 15) is 4.79 Å². The van der Waals surface area contributed by atoms with Crippen LogP contribution < -0.4 is 11.1 Å². The minimum absolute atomic E-state index is 0.0254. The molecule has 0 aromatic heterocycles. The molecule has 14 heavy (non-hydrogen) atoms. The Hall–Kier alpha value is -0.770. The molecular weight excluding hydrogens is 180 g/mol. The number of carbonyl (C=O) groups is 1. The Bertz CT molecular complexity index is 187. The Kier molecular flexibility index (Phi) is 4.91. The molecule has 0 saturated carbocycles. The second-order valence-electron chi connectivity index (χ2n) is 4.51. The van der Waals surface area contributed by atoms with Gasteiger partial charge in [0, 0.05) is 12.1 Å². The largest absolute Gasteiger partial charge is 0.444 e. The van der Waals surface area contributed by atoms with Crippen molar-refractivity contribution in [3.63, 3.8) is 0 Å². The zero-order valence-electron chi connectivity index (χ0n) is 9.76. The third-order valence-corrected chi connectivity index (χ3v) is 1.86. The quantitative estimate of drug-likeness (QED) is 0.731. The predicted molar refractivity (Wildman–Crippen MR) is 57.1 cm³/mol. The van der Waals surface area contributed by atoms with Gasteiger partial charge in [-0.3, -0.25) is 0 Å². The summed E-state index contributed by atoms with van der Waals surface area (Å²) >= 11 is 0. The van der Waals surface area contributed by atoms with E-state index in [1.165, 1.54) is 0 Å². The van der Waals surface area contributed by atoms with E-state index in [1.807, 2.05) is 34.6 Å². The van der Waals surface area contributed by atoms with Gasteiger partial charge in [-0.05, 0) is 34.1 Å². The maximum Gasteiger partial charge on any atom is 0.407 e. The lowest BCUT2D eigenvalue weighted by Gasteiger charge is -2.24. The number of carbonyl (C=O) groups excluding carboxylic acids is 1. The fourth-order valence-electron chi connectivity index (χ4n) is 0.954. The zero-order chi connectivity index (χ0) is 11.4. The van der Waals surface area contributed by atoms with Gasteiger partial charge in [0.15, 0.2) is 0 Å². The molecule has 2 atom stereocenters. The summed E-state index contributed by atoms with van der Waals surface area (Å²) < 4.78 is 5.10. The monoisotopic (exact) mass is 202 g/mol. The van der Waals surface area contributed by atoms with Gasteiger partial charge in [-0.1, -0.05) is 6.92 Å². The first kappa shape index (κ1) is 13.2. The Labute approximate surface area is 86.2 Å². The van der Waals surface area contributed by atoms with Crippen LogP contribution in [0.15, 0.2) is 0 Å². The summed E-state index contributed by atoms with van der Waals surface area (Å²) in [4.78, 5) is 11.3. The second kappa shape index (κ2) is 5.20. The first-order valence-corrected chi connectivity index (χ1v) is 5.01. The van der Waals surface area contributed by atoms with Gasteiger partial charge in [-0.25, -0.2) is 4.79 Å². The Morgan fingerprint density at radius 3 is 2.36 bits per heavy atom. The molecule has 0 spiro atoms. The van der Waals surface area contributed by atoms with Crippen LogP contribution in [0.4, 0.5) is 4.79 Å². The third-order valence-electron chi connectivity index (χ3n) is 1.86. The maximum absolute atomic E-state index is 11.3. The van der Waals surface area contributed by atoms with E-state index in [0.717, 1.165) is 6.42 Å². The molecule has 0 aliphatic heterocycles. The van der Waals surface area contributed by atoms with Crippen LogP contribution in [0, 0.1) is 0 Å². The molecule has 84 valence electrons. The summed E-state index contributed by atoms with van der Waals surface area (Å²) in [6.07, 6.45) is 0.422. The molecule has 0 saturated heterocycles. The molecule has 0 aliphatic rings. The molecule has 4 nitrogen and oxygen atoms in total. The summed E-state index contributed by atoms with van der Waals surface area (Å²) in [5, 5.41) is 2.70. The van der Waals surface area contributed by atoms with Crippen molar-refractivity contribution in [1.29, 1.82) is 0 Å². The van der Waals surface area contributed by atoms with E-state index < -0.39 is 11.7 Å². The normalized spacial score (nSPS) is 15.9. The van der Waals surface area contributed by atoms with E-state index >= 15 is 0 Å². The van der Waals surface area contributed by atoms with Crippen LogP contribution in [0.5, 0.6) is 0 Å². The standard InChI is InChI=1S/C10H22N2O2/c1-6-8(11)7(2)12-9(13)14-10(3,4)5/h7-8H,6,11H2,1-5H3,(H,12,13)/t7-,8+/m1/s1. The van der Waals surface area contributed by atoms with Crippen molar-refractivity contribution in [3.05, 3.63) is 0 Å². The summed E-state index contributed by atoms with van der Waals surface area (Å²) in [6, 6.07) is -0.0858. The first-order chi connectivity index (χ1) is 6.26. The summed E-state index contributed by atoms with van der Waals surface area (Å²) in [5.74, 6) is 0. The van der Waals surface area contributed by atoms with E-state index in [2.05, 4.69) is 5.32 Å². The van der Waals surface area contributed by atoms with Gasteiger partial charge in [0.05, 0.1) is 0 Å². The number of nitrogens with two attached hydrogens (primary N) is 1. The smallest absolute Gasteiger partial charge is 0.407 e. The molecule has 0 fully saturated rings. The van der Waals surface area contributed by atoms with Crippen molar-refractivity contribution in [1.82, 2.24) is 5.32 Å². The molecule has 0 aromatic carbocycles. The lowest BCUT2D eigenvalue weighted by atomic mass is 10.1. The maximum atomic E-state index is 11.3. The summed E-state index contributed by atoms with van der Waals surface area (Å²) in [5.41, 5.74) is 5.30. The minimum atomic E-state index is -0.458. The van der Waals surface area contributed by atoms with Gasteiger partial charge >= 0.3 is 6.09 Å². The van der Waals surface area contributed by atoms with E-state index in [4.69, 9.17) is 10.5 Å². The van der Waals surface area contributed by atoms with Crippen LogP contribution in [-0.2, 0) is 4.74 Å². The zero-order valence-corrected chi connectivity index (χ0v) is 9.76. The van der Waals surface area contributed by atoms with Crippen molar-refractivity contribution in [3.8, 4) is 0 Å². The molecular formula is C10H22N2O2. The van der Waals surface area contributed by atoms with Gasteiger partial charge in [0.2, 0.25) is 0 Å². The van der Waals surface area contributed by atoms with Gasteiger partial charge in [-0.15, -0.1) is 0 Å². The van der Waals surface area contributed by atoms with Gasteiger partial charge in [0.1, 0.15) is 5.60 Å². The minimum Gasteiger partial charge on any atom is -0.444 e. The predicted octanol–water partition coefficient (Wildman–Crippen LogP) is 1.64. The third kappa shape index (κ3) is 5.80. The van der Waals surface area contributed by atoms with Crippen molar-refractivity contribution < 1.29 is 9.53 Å². The number of hydrogen-bond acceptors (Lipinski definition) is 3. The molecule has 1 amide bonds. The van der Waals surface area contributed by atoms with E-state index in [0.29, 0.717) is 0 Å². The Morgan fingerprint density at radius 1 is 1.50 bits per heavy atom. The molecule has 0 radical (unpaired) electrons. The molecule has 0 aliphatic carbocycles. The Balaban J connectivity index is 3.95. The van der Waals surface area contributed by atoms with Crippen molar-refractivity contribution in [2.75, 3.05) is 0 Å². The number of alkyl carbamates (subject to hydrolysis) is 1. The molecule has 0 rings (SSSR count). The number of hydrogen-bond donors (Lipinski definition) is 2. The van der Waals surface area contributed by atoms with Crippen LogP contribution in [0.1, 0.15) is 41.0 Å². The number of rotatable bonds is 3. The average molecular weight is 202 g/mol. The van der Waals surface area contributed by atoms with Gasteiger partial charge < -0.3 is 15.8 Å². The van der Waals surface area contributed by atoms with Gasteiger partial charge in [-0.2, -0.15) is 0 Å². The fourth-order valence-corrected chi connectivity index (χ4v) is 0.954. The highest BCUT2D eigenvalue weighted by Gasteiger charge is 2.19. The number of ether oxygens (including phenoxy) is 1. The average Bonchev–Trinajstić information content (AvgIpc) is 1.99. The highest BCUT2D eigenvalue weighted by Crippen LogP contribution is 2.07. The SMILES string of the molecule is CC[C@H](N)[C@@H](C)NC(=O)OC(C)(C)C.